The zero-order valence-electron chi connectivity index (χ0n) is 7.08. The van der Waals surface area contributed by atoms with Crippen molar-refractivity contribution in [3.8, 4) is 0 Å². The van der Waals surface area contributed by atoms with E-state index in [1.165, 1.54) is 12.8 Å². The van der Waals surface area contributed by atoms with E-state index in [1.807, 2.05) is 0 Å². The van der Waals surface area contributed by atoms with Gasteiger partial charge in [0.05, 0.1) is 0 Å². The summed E-state index contributed by atoms with van der Waals surface area (Å²) in [4.78, 5) is 21.7. The van der Waals surface area contributed by atoms with Crippen molar-refractivity contribution in [2.24, 2.45) is 5.92 Å². The average Bonchev–Trinajstić information content (AvgIpc) is 2.55. The van der Waals surface area contributed by atoms with Crippen molar-refractivity contribution >= 4 is 11.6 Å². The molecule has 1 saturated carbocycles. The average molecular weight is 170 g/mol. The molecule has 0 saturated heterocycles. The van der Waals surface area contributed by atoms with E-state index in [2.05, 4.69) is 0 Å². The van der Waals surface area contributed by atoms with Crippen molar-refractivity contribution in [2.45, 2.75) is 32.1 Å². The van der Waals surface area contributed by atoms with Crippen molar-refractivity contribution in [2.75, 3.05) is 6.61 Å². The zero-order valence-corrected chi connectivity index (χ0v) is 7.08. The Morgan fingerprint density at radius 3 is 2.25 bits per heavy atom. The van der Waals surface area contributed by atoms with Crippen LogP contribution in [0.3, 0.4) is 0 Å². The minimum absolute atomic E-state index is 0.347. The maximum Gasteiger partial charge on any atom is 0.223 e. The SMILES string of the molecule is O=C(CO)C(=O)CC1CCCC1. The quantitative estimate of drug-likeness (QED) is 0.632. The molecule has 3 nitrogen and oxygen atoms in total. The summed E-state index contributed by atoms with van der Waals surface area (Å²) in [7, 11) is 0. The van der Waals surface area contributed by atoms with Crippen LogP contribution < -0.4 is 0 Å². The fraction of sp³-hybridized carbons (Fsp3) is 0.778. The van der Waals surface area contributed by atoms with Gasteiger partial charge >= 0.3 is 0 Å². The van der Waals surface area contributed by atoms with Crippen LogP contribution in [0.25, 0.3) is 0 Å². The molecule has 0 radical (unpaired) electrons. The Morgan fingerprint density at radius 2 is 1.75 bits per heavy atom. The third kappa shape index (κ3) is 2.41. The van der Waals surface area contributed by atoms with Crippen LogP contribution in [0.5, 0.6) is 0 Å². The van der Waals surface area contributed by atoms with Gasteiger partial charge in [0.25, 0.3) is 0 Å². The highest BCUT2D eigenvalue weighted by Crippen LogP contribution is 2.27. The Morgan fingerprint density at radius 1 is 1.17 bits per heavy atom. The predicted molar refractivity (Wildman–Crippen MR) is 43.7 cm³/mol. The van der Waals surface area contributed by atoms with Gasteiger partial charge in [0.2, 0.25) is 11.6 Å². The van der Waals surface area contributed by atoms with Crippen LogP contribution in [-0.4, -0.2) is 23.3 Å². The lowest BCUT2D eigenvalue weighted by molar-refractivity contribution is -0.138. The van der Waals surface area contributed by atoms with E-state index in [-0.39, 0.29) is 0 Å². The number of carbonyl (C=O) groups is 2. The van der Waals surface area contributed by atoms with Gasteiger partial charge in [-0.2, -0.15) is 0 Å². The Bertz CT molecular complexity index is 180. The van der Waals surface area contributed by atoms with Crippen LogP contribution in [0.1, 0.15) is 32.1 Å². The lowest BCUT2D eigenvalue weighted by Crippen LogP contribution is -2.19. The van der Waals surface area contributed by atoms with Crippen molar-refractivity contribution in [1.29, 1.82) is 0 Å². The highest BCUT2D eigenvalue weighted by atomic mass is 16.3. The summed E-state index contributed by atoms with van der Waals surface area (Å²) in [6.45, 7) is -0.633. The molecule has 0 atom stereocenters. The van der Waals surface area contributed by atoms with E-state index >= 15 is 0 Å². The van der Waals surface area contributed by atoms with Gasteiger partial charge in [-0.15, -0.1) is 0 Å². The summed E-state index contributed by atoms with van der Waals surface area (Å²) >= 11 is 0. The maximum atomic E-state index is 11.0. The highest BCUT2D eigenvalue weighted by molar-refractivity contribution is 6.37. The van der Waals surface area contributed by atoms with Crippen molar-refractivity contribution in [3.63, 3.8) is 0 Å². The first-order valence-corrected chi connectivity index (χ1v) is 4.41. The third-order valence-corrected chi connectivity index (χ3v) is 2.40. The van der Waals surface area contributed by atoms with E-state index in [0.29, 0.717) is 12.3 Å². The monoisotopic (exact) mass is 170 g/mol. The van der Waals surface area contributed by atoms with Crippen molar-refractivity contribution < 1.29 is 14.7 Å². The number of rotatable bonds is 4. The summed E-state index contributed by atoms with van der Waals surface area (Å²) in [6.07, 6.45) is 4.81. The molecule has 3 heteroatoms. The molecule has 1 fully saturated rings. The molecule has 1 aliphatic carbocycles. The van der Waals surface area contributed by atoms with E-state index in [0.717, 1.165) is 12.8 Å². The lowest BCUT2D eigenvalue weighted by atomic mass is 9.99. The lowest BCUT2D eigenvalue weighted by Gasteiger charge is -2.04. The molecule has 68 valence electrons. The Balaban J connectivity index is 2.29. The molecule has 12 heavy (non-hydrogen) atoms. The molecule has 0 aromatic heterocycles. The van der Waals surface area contributed by atoms with Gasteiger partial charge in [-0.25, -0.2) is 0 Å². The molecule has 0 bridgehead atoms. The fourth-order valence-corrected chi connectivity index (χ4v) is 1.68. The summed E-state index contributed by atoms with van der Waals surface area (Å²) in [5.41, 5.74) is 0. The first kappa shape index (κ1) is 9.39. The summed E-state index contributed by atoms with van der Waals surface area (Å²) in [5, 5.41) is 8.41. The minimum Gasteiger partial charge on any atom is -0.388 e. The smallest absolute Gasteiger partial charge is 0.223 e. The Labute approximate surface area is 71.8 Å². The molecule has 0 amide bonds. The van der Waals surface area contributed by atoms with Crippen LogP contribution in [0.4, 0.5) is 0 Å². The Hall–Kier alpha value is -0.700. The number of carbonyl (C=O) groups excluding carboxylic acids is 2. The van der Waals surface area contributed by atoms with Crippen LogP contribution in [0.15, 0.2) is 0 Å². The van der Waals surface area contributed by atoms with Gasteiger partial charge in [0.15, 0.2) is 0 Å². The number of Topliss-reactive ketones (excluding diaryl/α,β-unsaturated/α-hetero) is 2. The fourth-order valence-electron chi connectivity index (χ4n) is 1.68. The highest BCUT2D eigenvalue weighted by Gasteiger charge is 2.21. The summed E-state index contributed by atoms with van der Waals surface area (Å²) < 4.78 is 0. The molecular formula is C9H14O3. The van der Waals surface area contributed by atoms with Crippen LogP contribution in [-0.2, 0) is 9.59 Å². The molecule has 0 aromatic rings. The van der Waals surface area contributed by atoms with E-state index in [9.17, 15) is 9.59 Å². The second kappa shape index (κ2) is 4.36. The first-order valence-electron chi connectivity index (χ1n) is 4.41. The molecule has 1 aliphatic rings. The molecule has 0 aliphatic heterocycles. The van der Waals surface area contributed by atoms with E-state index in [4.69, 9.17) is 5.11 Å². The standard InChI is InChI=1S/C9H14O3/c10-6-9(12)8(11)5-7-3-1-2-4-7/h7,10H,1-6H2. The van der Waals surface area contributed by atoms with E-state index in [1.54, 1.807) is 0 Å². The van der Waals surface area contributed by atoms with Crippen LogP contribution in [0.2, 0.25) is 0 Å². The van der Waals surface area contributed by atoms with Gasteiger partial charge in [0.1, 0.15) is 6.61 Å². The number of aliphatic hydroxyl groups is 1. The zero-order chi connectivity index (χ0) is 8.97. The maximum absolute atomic E-state index is 11.0. The topological polar surface area (TPSA) is 54.4 Å². The van der Waals surface area contributed by atoms with Crippen LogP contribution in [0, 0.1) is 5.92 Å². The predicted octanol–water partition coefficient (Wildman–Crippen LogP) is 0.697. The third-order valence-electron chi connectivity index (χ3n) is 2.40. The molecule has 0 spiro atoms. The number of hydrogen-bond acceptors (Lipinski definition) is 3. The molecule has 0 aromatic carbocycles. The number of hydrogen-bond donors (Lipinski definition) is 1. The second-order valence-corrected chi connectivity index (χ2v) is 3.36. The Kier molecular flexibility index (Phi) is 3.41. The second-order valence-electron chi connectivity index (χ2n) is 3.36. The van der Waals surface area contributed by atoms with Gasteiger partial charge in [0, 0.05) is 6.42 Å². The first-order chi connectivity index (χ1) is 5.74. The summed E-state index contributed by atoms with van der Waals surface area (Å²) in [5.74, 6) is -0.640. The van der Waals surface area contributed by atoms with Gasteiger partial charge < -0.3 is 5.11 Å². The van der Waals surface area contributed by atoms with Gasteiger partial charge in [-0.3, -0.25) is 9.59 Å². The van der Waals surface area contributed by atoms with Crippen molar-refractivity contribution in [3.05, 3.63) is 0 Å². The molecular weight excluding hydrogens is 156 g/mol. The van der Waals surface area contributed by atoms with Crippen LogP contribution >= 0.6 is 0 Å². The largest absolute Gasteiger partial charge is 0.388 e. The number of aliphatic hydroxyl groups excluding tert-OH is 1. The summed E-state index contributed by atoms with van der Waals surface area (Å²) in [6, 6.07) is 0. The number of ketones is 2. The molecule has 0 heterocycles. The molecule has 0 unspecified atom stereocenters. The van der Waals surface area contributed by atoms with E-state index < -0.39 is 18.2 Å². The molecule has 1 N–H and O–H groups in total. The minimum atomic E-state index is -0.637. The van der Waals surface area contributed by atoms with Crippen molar-refractivity contribution in [1.82, 2.24) is 0 Å². The van der Waals surface area contributed by atoms with Gasteiger partial charge in [-0.1, -0.05) is 25.7 Å². The normalized spacial score (nSPS) is 18.1. The van der Waals surface area contributed by atoms with Gasteiger partial charge in [-0.05, 0) is 5.92 Å². The molecule has 1 rings (SSSR count).